The van der Waals surface area contributed by atoms with Crippen molar-refractivity contribution in [1.82, 2.24) is 4.90 Å². The number of nitrogens with zero attached hydrogens (tertiary/aromatic N) is 1. The molecule has 23 heavy (non-hydrogen) atoms. The molecule has 0 unspecified atom stereocenters. The first-order valence-electron chi connectivity index (χ1n) is 8.02. The number of carbonyl (C=O) groups excluding carboxylic acids is 1. The first-order chi connectivity index (χ1) is 10.8. The second-order valence-corrected chi connectivity index (χ2v) is 7.12. The second-order valence-electron chi connectivity index (χ2n) is 7.12. The van der Waals surface area contributed by atoms with Crippen LogP contribution in [-0.4, -0.2) is 40.3 Å². The summed E-state index contributed by atoms with van der Waals surface area (Å²) in [5.74, 6) is -0.713. The molecule has 2 atom stereocenters. The highest BCUT2D eigenvalue weighted by Crippen LogP contribution is 2.27. The summed E-state index contributed by atoms with van der Waals surface area (Å²) in [7, 11) is 0. The zero-order valence-electron chi connectivity index (χ0n) is 14.0. The smallest absolute Gasteiger partial charge is 0.411 e. The van der Waals surface area contributed by atoms with Gasteiger partial charge in [0.05, 0.1) is 0 Å². The molecule has 0 radical (unpaired) electrons. The van der Waals surface area contributed by atoms with E-state index >= 15 is 0 Å². The van der Waals surface area contributed by atoms with E-state index in [-0.39, 0.29) is 5.92 Å². The molecule has 1 aromatic rings. The van der Waals surface area contributed by atoms with Crippen LogP contribution in [0.15, 0.2) is 30.3 Å². The Morgan fingerprint density at radius 2 is 1.87 bits per heavy atom. The third-order valence-electron chi connectivity index (χ3n) is 3.96. The van der Waals surface area contributed by atoms with Gasteiger partial charge in [-0.2, -0.15) is 0 Å². The summed E-state index contributed by atoms with van der Waals surface area (Å²) in [6.45, 7) is 5.77. The Morgan fingerprint density at radius 3 is 2.43 bits per heavy atom. The summed E-state index contributed by atoms with van der Waals surface area (Å²) in [5.41, 5.74) is 0.572. The molecule has 1 aliphatic rings. The number of ether oxygens (including phenoxy) is 1. The Bertz CT molecular complexity index is 550. The SMILES string of the molecule is CC(C)(C)OC(=O)N1C[C@H](Cc2ccccc2)CC[C@@H]1C(=O)O. The van der Waals surface area contributed by atoms with Crippen LogP contribution in [0.2, 0.25) is 0 Å². The molecule has 5 nitrogen and oxygen atoms in total. The third-order valence-corrected chi connectivity index (χ3v) is 3.96. The highest BCUT2D eigenvalue weighted by Gasteiger charge is 2.38. The van der Waals surface area contributed by atoms with E-state index < -0.39 is 23.7 Å². The summed E-state index contributed by atoms with van der Waals surface area (Å²) in [4.78, 5) is 25.2. The predicted molar refractivity (Wildman–Crippen MR) is 87.2 cm³/mol. The molecule has 1 aromatic carbocycles. The van der Waals surface area contributed by atoms with Gasteiger partial charge < -0.3 is 9.84 Å². The molecule has 2 rings (SSSR count). The van der Waals surface area contributed by atoms with Crippen molar-refractivity contribution in [3.63, 3.8) is 0 Å². The molecular formula is C18H25NO4. The van der Waals surface area contributed by atoms with Gasteiger partial charge in [0.2, 0.25) is 0 Å². The Labute approximate surface area is 137 Å². The van der Waals surface area contributed by atoms with Crippen LogP contribution >= 0.6 is 0 Å². The van der Waals surface area contributed by atoms with Crippen LogP contribution < -0.4 is 0 Å². The minimum absolute atomic E-state index is 0.250. The van der Waals surface area contributed by atoms with E-state index in [9.17, 15) is 14.7 Å². The lowest BCUT2D eigenvalue weighted by Crippen LogP contribution is -2.52. The van der Waals surface area contributed by atoms with Gasteiger partial charge in [-0.1, -0.05) is 30.3 Å². The van der Waals surface area contributed by atoms with Gasteiger partial charge in [0.25, 0.3) is 0 Å². The number of carbonyl (C=O) groups is 2. The van der Waals surface area contributed by atoms with Crippen molar-refractivity contribution in [2.45, 2.75) is 51.7 Å². The van der Waals surface area contributed by atoms with Gasteiger partial charge in [-0.25, -0.2) is 9.59 Å². The van der Waals surface area contributed by atoms with E-state index in [4.69, 9.17) is 4.74 Å². The Hall–Kier alpha value is -2.04. The molecule has 5 heteroatoms. The standard InChI is InChI=1S/C18H25NO4/c1-18(2,3)23-17(22)19-12-14(9-10-15(19)16(20)21)11-13-7-5-4-6-8-13/h4-8,14-15H,9-12H2,1-3H3,(H,20,21)/t14-,15+/m0/s1. The summed E-state index contributed by atoms with van der Waals surface area (Å²) < 4.78 is 5.38. The first-order valence-corrected chi connectivity index (χ1v) is 8.02. The summed E-state index contributed by atoms with van der Waals surface area (Å²) in [6, 6.07) is 9.27. The maximum atomic E-state index is 12.4. The lowest BCUT2D eigenvalue weighted by Gasteiger charge is -2.38. The Morgan fingerprint density at radius 1 is 1.22 bits per heavy atom. The fraction of sp³-hybridized carbons (Fsp3) is 0.556. The van der Waals surface area contributed by atoms with Gasteiger partial charge in [-0.15, -0.1) is 0 Å². The first kappa shape index (κ1) is 17.3. The van der Waals surface area contributed by atoms with E-state index in [1.54, 1.807) is 20.8 Å². The van der Waals surface area contributed by atoms with Crippen molar-refractivity contribution in [3.05, 3.63) is 35.9 Å². The fourth-order valence-electron chi connectivity index (χ4n) is 2.94. The van der Waals surface area contributed by atoms with Crippen molar-refractivity contribution in [2.75, 3.05) is 6.54 Å². The van der Waals surface area contributed by atoms with Crippen LogP contribution in [0.25, 0.3) is 0 Å². The molecule has 1 heterocycles. The van der Waals surface area contributed by atoms with Crippen LogP contribution in [0, 0.1) is 5.92 Å². The minimum atomic E-state index is -0.964. The lowest BCUT2D eigenvalue weighted by atomic mass is 9.88. The van der Waals surface area contributed by atoms with Gasteiger partial charge in [-0.05, 0) is 51.5 Å². The van der Waals surface area contributed by atoms with Gasteiger partial charge in [0, 0.05) is 6.54 Å². The normalized spacial score (nSPS) is 21.8. The summed E-state index contributed by atoms with van der Waals surface area (Å²) >= 11 is 0. The molecule has 1 fully saturated rings. The maximum Gasteiger partial charge on any atom is 0.411 e. The minimum Gasteiger partial charge on any atom is -0.480 e. The van der Waals surface area contributed by atoms with E-state index in [1.807, 2.05) is 18.2 Å². The average Bonchev–Trinajstić information content (AvgIpc) is 2.46. The molecule has 1 N–H and O–H groups in total. The van der Waals surface area contributed by atoms with E-state index in [2.05, 4.69) is 12.1 Å². The Balaban J connectivity index is 2.08. The number of hydrogen-bond donors (Lipinski definition) is 1. The highest BCUT2D eigenvalue weighted by molar-refractivity contribution is 5.80. The third kappa shape index (κ3) is 4.98. The zero-order valence-corrected chi connectivity index (χ0v) is 14.0. The number of carboxylic acid groups (broad SMARTS) is 1. The molecule has 0 spiro atoms. The number of likely N-dealkylation sites (tertiary alicyclic amines) is 1. The molecule has 0 aromatic heterocycles. The zero-order chi connectivity index (χ0) is 17.0. The van der Waals surface area contributed by atoms with Gasteiger partial charge in [-0.3, -0.25) is 4.90 Å². The molecule has 0 saturated carbocycles. The summed E-state index contributed by atoms with van der Waals surface area (Å²) in [6.07, 6.45) is 1.56. The average molecular weight is 319 g/mol. The highest BCUT2D eigenvalue weighted by atomic mass is 16.6. The number of aliphatic carboxylic acids is 1. The summed E-state index contributed by atoms with van der Waals surface area (Å²) in [5, 5.41) is 9.38. The van der Waals surface area contributed by atoms with Crippen molar-refractivity contribution in [2.24, 2.45) is 5.92 Å². The van der Waals surface area contributed by atoms with Gasteiger partial charge in [0.15, 0.2) is 0 Å². The van der Waals surface area contributed by atoms with Gasteiger partial charge in [0.1, 0.15) is 11.6 Å². The van der Waals surface area contributed by atoms with Crippen molar-refractivity contribution in [1.29, 1.82) is 0 Å². The number of hydrogen-bond acceptors (Lipinski definition) is 3. The Kier molecular flexibility index (Phi) is 5.29. The topological polar surface area (TPSA) is 66.8 Å². The van der Waals surface area contributed by atoms with Crippen LogP contribution in [-0.2, 0) is 16.0 Å². The quantitative estimate of drug-likeness (QED) is 0.928. The number of benzene rings is 1. The predicted octanol–water partition coefficient (Wildman–Crippen LogP) is 3.33. The maximum absolute atomic E-state index is 12.4. The molecule has 126 valence electrons. The number of piperidine rings is 1. The monoisotopic (exact) mass is 319 g/mol. The molecule has 1 aliphatic heterocycles. The molecule has 1 amide bonds. The van der Waals surface area contributed by atoms with E-state index in [0.29, 0.717) is 13.0 Å². The second kappa shape index (κ2) is 7.02. The van der Waals surface area contributed by atoms with Crippen LogP contribution in [0.4, 0.5) is 4.79 Å². The molecular weight excluding hydrogens is 294 g/mol. The van der Waals surface area contributed by atoms with Crippen LogP contribution in [0.3, 0.4) is 0 Å². The van der Waals surface area contributed by atoms with E-state index in [0.717, 1.165) is 12.8 Å². The number of amides is 1. The van der Waals surface area contributed by atoms with Crippen LogP contribution in [0.1, 0.15) is 39.2 Å². The number of rotatable bonds is 3. The van der Waals surface area contributed by atoms with E-state index in [1.165, 1.54) is 10.5 Å². The van der Waals surface area contributed by atoms with Crippen molar-refractivity contribution in [3.8, 4) is 0 Å². The van der Waals surface area contributed by atoms with Crippen molar-refractivity contribution >= 4 is 12.1 Å². The molecule has 1 saturated heterocycles. The van der Waals surface area contributed by atoms with Crippen LogP contribution in [0.5, 0.6) is 0 Å². The molecule has 0 aliphatic carbocycles. The molecule has 0 bridgehead atoms. The largest absolute Gasteiger partial charge is 0.480 e. The van der Waals surface area contributed by atoms with Crippen molar-refractivity contribution < 1.29 is 19.4 Å². The van der Waals surface area contributed by atoms with Gasteiger partial charge >= 0.3 is 12.1 Å². The number of carboxylic acids is 1. The lowest BCUT2D eigenvalue weighted by molar-refractivity contribution is -0.145. The fourth-order valence-corrected chi connectivity index (χ4v) is 2.94.